The first-order valence-electron chi connectivity index (χ1n) is 4.33. The zero-order valence-corrected chi connectivity index (χ0v) is 8.00. The van der Waals surface area contributed by atoms with E-state index in [9.17, 15) is 4.79 Å². The fourth-order valence-electron chi connectivity index (χ4n) is 1.24. The summed E-state index contributed by atoms with van der Waals surface area (Å²) in [5, 5.41) is 2.74. The Balaban J connectivity index is 2.89. The van der Waals surface area contributed by atoms with Crippen molar-refractivity contribution in [2.45, 2.75) is 13.5 Å². The average molecular weight is 181 g/mol. The van der Waals surface area contributed by atoms with Gasteiger partial charge in [-0.2, -0.15) is 0 Å². The summed E-state index contributed by atoms with van der Waals surface area (Å²) in [6, 6.07) is 3.65. The number of nitrogens with zero attached hydrogens (tertiary/aromatic N) is 1. The van der Waals surface area contributed by atoms with Gasteiger partial charge in [-0.3, -0.25) is 4.79 Å². The zero-order chi connectivity index (χ0) is 9.84. The lowest BCUT2D eigenvalue weighted by atomic mass is 10.4. The highest BCUT2D eigenvalue weighted by atomic mass is 16.1. The minimum Gasteiger partial charge on any atom is -0.351 e. The fourth-order valence-corrected chi connectivity index (χ4v) is 1.24. The molecule has 0 aliphatic carbocycles. The summed E-state index contributed by atoms with van der Waals surface area (Å²) in [6.45, 7) is 2.99. The van der Waals surface area contributed by atoms with Crippen LogP contribution in [-0.2, 0) is 13.6 Å². The summed E-state index contributed by atoms with van der Waals surface area (Å²) >= 11 is 0. The molecule has 13 heavy (non-hydrogen) atoms. The highest BCUT2D eigenvalue weighted by Crippen LogP contribution is 2.05. The van der Waals surface area contributed by atoms with Crippen molar-refractivity contribution in [3.8, 4) is 0 Å². The second-order valence-electron chi connectivity index (χ2n) is 2.83. The molecule has 0 aliphatic heterocycles. The minimum absolute atomic E-state index is 0.0512. The van der Waals surface area contributed by atoms with Gasteiger partial charge in [-0.1, -0.05) is 0 Å². The van der Waals surface area contributed by atoms with Crippen LogP contribution in [0.3, 0.4) is 0 Å². The van der Waals surface area contributed by atoms with Crippen molar-refractivity contribution < 1.29 is 4.79 Å². The summed E-state index contributed by atoms with van der Waals surface area (Å²) in [5.74, 6) is -0.0512. The maximum atomic E-state index is 11.4. The standard InChI is InChI=1S/C9H15N3O/c1-3-11-9(13)8-5-4-7(6-10)12(8)2/h4-5H,3,6,10H2,1-2H3,(H,11,13). The van der Waals surface area contributed by atoms with Crippen molar-refractivity contribution in [1.29, 1.82) is 0 Å². The lowest BCUT2D eigenvalue weighted by Gasteiger charge is -2.05. The molecule has 3 N–H and O–H groups in total. The molecule has 0 atom stereocenters. The van der Waals surface area contributed by atoms with E-state index in [1.807, 2.05) is 24.6 Å². The molecule has 1 amide bonds. The summed E-state index contributed by atoms with van der Waals surface area (Å²) < 4.78 is 1.81. The van der Waals surface area contributed by atoms with Crippen LogP contribution in [0.5, 0.6) is 0 Å². The molecule has 0 saturated heterocycles. The molecule has 72 valence electrons. The summed E-state index contributed by atoms with van der Waals surface area (Å²) in [6.07, 6.45) is 0. The number of hydrogen-bond donors (Lipinski definition) is 2. The van der Waals surface area contributed by atoms with Gasteiger partial charge in [-0.05, 0) is 19.1 Å². The molecule has 1 heterocycles. The Bertz CT molecular complexity index is 304. The lowest BCUT2D eigenvalue weighted by Crippen LogP contribution is -2.25. The third kappa shape index (κ3) is 1.89. The van der Waals surface area contributed by atoms with Gasteiger partial charge >= 0.3 is 0 Å². The number of carbonyl (C=O) groups excluding carboxylic acids is 1. The zero-order valence-electron chi connectivity index (χ0n) is 8.00. The van der Waals surface area contributed by atoms with Crippen LogP contribution >= 0.6 is 0 Å². The van der Waals surface area contributed by atoms with Crippen molar-refractivity contribution in [1.82, 2.24) is 9.88 Å². The Morgan fingerprint density at radius 2 is 2.31 bits per heavy atom. The van der Waals surface area contributed by atoms with E-state index in [2.05, 4.69) is 5.32 Å². The summed E-state index contributed by atoms with van der Waals surface area (Å²) in [7, 11) is 1.84. The van der Waals surface area contributed by atoms with Crippen molar-refractivity contribution >= 4 is 5.91 Å². The number of hydrogen-bond acceptors (Lipinski definition) is 2. The van der Waals surface area contributed by atoms with Crippen LogP contribution in [0.1, 0.15) is 23.1 Å². The Kier molecular flexibility index (Phi) is 3.08. The fraction of sp³-hybridized carbons (Fsp3) is 0.444. The molecule has 0 spiro atoms. The largest absolute Gasteiger partial charge is 0.351 e. The monoisotopic (exact) mass is 181 g/mol. The lowest BCUT2D eigenvalue weighted by molar-refractivity contribution is 0.0947. The molecule has 0 radical (unpaired) electrons. The molecule has 1 aromatic heterocycles. The molecule has 0 unspecified atom stereocenters. The topological polar surface area (TPSA) is 60.1 Å². The summed E-state index contributed by atoms with van der Waals surface area (Å²) in [4.78, 5) is 11.4. The van der Waals surface area contributed by atoms with Crippen molar-refractivity contribution in [2.24, 2.45) is 12.8 Å². The third-order valence-electron chi connectivity index (χ3n) is 2.00. The first-order valence-corrected chi connectivity index (χ1v) is 4.33. The van der Waals surface area contributed by atoms with E-state index in [-0.39, 0.29) is 5.91 Å². The van der Waals surface area contributed by atoms with E-state index in [1.54, 1.807) is 6.07 Å². The number of rotatable bonds is 3. The van der Waals surface area contributed by atoms with Crippen molar-refractivity contribution in [3.05, 3.63) is 23.5 Å². The number of nitrogens with one attached hydrogen (secondary N) is 1. The Labute approximate surface area is 77.7 Å². The normalized spacial score (nSPS) is 10.1. The number of amides is 1. The molecule has 4 nitrogen and oxygen atoms in total. The quantitative estimate of drug-likeness (QED) is 0.701. The second-order valence-corrected chi connectivity index (χ2v) is 2.83. The van der Waals surface area contributed by atoms with Crippen LogP contribution in [0.2, 0.25) is 0 Å². The molecule has 0 aromatic carbocycles. The van der Waals surface area contributed by atoms with Gasteiger partial charge in [0.15, 0.2) is 0 Å². The van der Waals surface area contributed by atoms with Gasteiger partial charge in [0, 0.05) is 25.8 Å². The Hall–Kier alpha value is -1.29. The molecule has 1 rings (SSSR count). The number of aromatic nitrogens is 1. The average Bonchev–Trinajstić information content (AvgIpc) is 2.47. The highest BCUT2D eigenvalue weighted by molar-refractivity contribution is 5.92. The van der Waals surface area contributed by atoms with E-state index in [0.717, 1.165) is 5.69 Å². The Morgan fingerprint density at radius 3 is 2.77 bits per heavy atom. The molecule has 0 fully saturated rings. The third-order valence-corrected chi connectivity index (χ3v) is 2.00. The smallest absolute Gasteiger partial charge is 0.267 e. The highest BCUT2D eigenvalue weighted by Gasteiger charge is 2.09. The minimum atomic E-state index is -0.0512. The maximum absolute atomic E-state index is 11.4. The number of nitrogens with two attached hydrogens (primary N) is 1. The van der Waals surface area contributed by atoms with Gasteiger partial charge in [0.05, 0.1) is 0 Å². The van der Waals surface area contributed by atoms with E-state index in [4.69, 9.17) is 5.73 Å². The van der Waals surface area contributed by atoms with Crippen LogP contribution in [0, 0.1) is 0 Å². The van der Waals surface area contributed by atoms with Gasteiger partial charge in [0.25, 0.3) is 5.91 Å². The Morgan fingerprint density at radius 1 is 1.62 bits per heavy atom. The van der Waals surface area contributed by atoms with Gasteiger partial charge in [0.1, 0.15) is 5.69 Å². The SMILES string of the molecule is CCNC(=O)c1ccc(CN)n1C. The van der Waals surface area contributed by atoms with E-state index < -0.39 is 0 Å². The van der Waals surface area contributed by atoms with E-state index in [1.165, 1.54) is 0 Å². The first-order chi connectivity index (χ1) is 6.20. The van der Waals surface area contributed by atoms with Gasteiger partial charge in [0.2, 0.25) is 0 Å². The molecular formula is C9H15N3O. The van der Waals surface area contributed by atoms with E-state index >= 15 is 0 Å². The van der Waals surface area contributed by atoms with Crippen LogP contribution in [-0.4, -0.2) is 17.0 Å². The van der Waals surface area contributed by atoms with Gasteiger partial charge < -0.3 is 15.6 Å². The summed E-state index contributed by atoms with van der Waals surface area (Å²) in [5.41, 5.74) is 7.10. The molecule has 4 heteroatoms. The molecular weight excluding hydrogens is 166 g/mol. The molecule has 0 bridgehead atoms. The van der Waals surface area contributed by atoms with Crippen LogP contribution in [0.25, 0.3) is 0 Å². The van der Waals surface area contributed by atoms with Gasteiger partial charge in [-0.15, -0.1) is 0 Å². The predicted molar refractivity (Wildman–Crippen MR) is 51.3 cm³/mol. The predicted octanol–water partition coefficient (Wildman–Crippen LogP) is 0.233. The van der Waals surface area contributed by atoms with Crippen molar-refractivity contribution in [2.75, 3.05) is 6.54 Å². The first kappa shape index (κ1) is 9.80. The van der Waals surface area contributed by atoms with Gasteiger partial charge in [-0.25, -0.2) is 0 Å². The molecule has 1 aromatic rings. The van der Waals surface area contributed by atoms with Crippen molar-refractivity contribution in [3.63, 3.8) is 0 Å². The molecule has 0 aliphatic rings. The van der Waals surface area contributed by atoms with E-state index in [0.29, 0.717) is 18.8 Å². The van der Waals surface area contributed by atoms with Crippen LogP contribution < -0.4 is 11.1 Å². The maximum Gasteiger partial charge on any atom is 0.267 e. The van der Waals surface area contributed by atoms with Crippen LogP contribution in [0.4, 0.5) is 0 Å². The molecule has 0 saturated carbocycles. The second kappa shape index (κ2) is 4.09. The number of carbonyl (C=O) groups is 1. The van der Waals surface area contributed by atoms with Crippen LogP contribution in [0.15, 0.2) is 12.1 Å².